The molecule has 6 nitrogen and oxygen atoms in total. The van der Waals surface area contributed by atoms with Crippen molar-refractivity contribution in [2.45, 2.75) is 18.9 Å². The lowest BCUT2D eigenvalue weighted by Gasteiger charge is -2.14. The number of fused-ring (bicyclic) bond motifs is 1. The fourth-order valence-corrected chi connectivity index (χ4v) is 2.04. The van der Waals surface area contributed by atoms with E-state index in [1.807, 2.05) is 0 Å². The molecule has 0 spiro atoms. The molecule has 1 unspecified atom stereocenters. The van der Waals surface area contributed by atoms with E-state index >= 15 is 0 Å². The predicted molar refractivity (Wildman–Crippen MR) is 73.9 cm³/mol. The number of amides is 2. The van der Waals surface area contributed by atoms with Crippen LogP contribution in [0, 0.1) is 0 Å². The molecule has 1 aromatic carbocycles. The minimum absolute atomic E-state index is 0. The van der Waals surface area contributed by atoms with E-state index < -0.39 is 12.0 Å². The Balaban J connectivity index is 0.00000200. The topological polar surface area (TPSA) is 101 Å². The number of hydrogen-bond acceptors (Lipinski definition) is 4. The summed E-state index contributed by atoms with van der Waals surface area (Å²) in [6.45, 7) is 0.188. The fraction of sp³-hybridized carbons (Fsp3) is 0.308. The monoisotopic (exact) mass is 298 g/mol. The zero-order chi connectivity index (χ0) is 14.0. The second-order valence-electron chi connectivity index (χ2n) is 4.39. The number of halogens is 1. The molecule has 1 heterocycles. The Kier molecular flexibility index (Phi) is 5.24. The second kappa shape index (κ2) is 6.49. The van der Waals surface area contributed by atoms with E-state index in [1.165, 1.54) is 0 Å². The summed E-state index contributed by atoms with van der Waals surface area (Å²) < 4.78 is 0. The van der Waals surface area contributed by atoms with Gasteiger partial charge < -0.3 is 10.8 Å². The summed E-state index contributed by atoms with van der Waals surface area (Å²) >= 11 is 0. The summed E-state index contributed by atoms with van der Waals surface area (Å²) in [6.07, 6.45) is 0.599. The third-order valence-corrected chi connectivity index (χ3v) is 3.09. The maximum atomic E-state index is 12.0. The van der Waals surface area contributed by atoms with Crippen molar-refractivity contribution in [3.8, 4) is 0 Å². The van der Waals surface area contributed by atoms with E-state index in [2.05, 4.69) is 0 Å². The van der Waals surface area contributed by atoms with Gasteiger partial charge in [0.2, 0.25) is 0 Å². The van der Waals surface area contributed by atoms with E-state index in [0.717, 1.165) is 4.90 Å². The highest BCUT2D eigenvalue weighted by Gasteiger charge is 2.34. The van der Waals surface area contributed by atoms with Crippen LogP contribution in [0.15, 0.2) is 24.3 Å². The molecule has 1 atom stereocenters. The van der Waals surface area contributed by atoms with Crippen LogP contribution in [-0.4, -0.2) is 40.4 Å². The van der Waals surface area contributed by atoms with Crippen LogP contribution in [0.2, 0.25) is 0 Å². The number of rotatable bonds is 5. The number of carboxylic acid groups (broad SMARTS) is 1. The number of aliphatic carboxylic acids is 1. The number of benzene rings is 1. The zero-order valence-electron chi connectivity index (χ0n) is 10.6. The Bertz CT molecular complexity index is 512. The minimum atomic E-state index is -1.08. The van der Waals surface area contributed by atoms with Crippen LogP contribution in [0.1, 0.15) is 33.6 Å². The number of carbonyl (C=O) groups is 3. The van der Waals surface area contributed by atoms with Gasteiger partial charge in [0.25, 0.3) is 11.8 Å². The van der Waals surface area contributed by atoms with Gasteiger partial charge in [-0.05, 0) is 25.0 Å². The molecule has 0 fully saturated rings. The van der Waals surface area contributed by atoms with Crippen molar-refractivity contribution < 1.29 is 19.5 Å². The highest BCUT2D eigenvalue weighted by atomic mass is 35.5. The van der Waals surface area contributed by atoms with Crippen LogP contribution >= 0.6 is 12.4 Å². The molecule has 0 saturated carbocycles. The average molecular weight is 299 g/mol. The van der Waals surface area contributed by atoms with E-state index in [0.29, 0.717) is 17.5 Å². The lowest BCUT2D eigenvalue weighted by molar-refractivity contribution is -0.138. The highest BCUT2D eigenvalue weighted by molar-refractivity contribution is 6.21. The van der Waals surface area contributed by atoms with Crippen LogP contribution in [-0.2, 0) is 4.79 Å². The van der Waals surface area contributed by atoms with Crippen LogP contribution in [0.3, 0.4) is 0 Å². The Morgan fingerprint density at radius 2 is 1.70 bits per heavy atom. The molecule has 1 aromatic rings. The Hall–Kier alpha value is -1.92. The van der Waals surface area contributed by atoms with E-state index in [4.69, 9.17) is 10.8 Å². The third kappa shape index (κ3) is 2.97. The van der Waals surface area contributed by atoms with E-state index in [-0.39, 0.29) is 37.2 Å². The van der Waals surface area contributed by atoms with Crippen molar-refractivity contribution >= 4 is 30.2 Å². The maximum absolute atomic E-state index is 12.0. The Morgan fingerprint density at radius 1 is 1.20 bits per heavy atom. The van der Waals surface area contributed by atoms with Crippen molar-refractivity contribution in [2.24, 2.45) is 5.73 Å². The normalized spacial score (nSPS) is 14.8. The maximum Gasteiger partial charge on any atom is 0.320 e. The molecule has 3 N–H and O–H groups in total. The minimum Gasteiger partial charge on any atom is -0.480 e. The number of hydrogen-bond donors (Lipinski definition) is 2. The van der Waals surface area contributed by atoms with Crippen LogP contribution in [0.5, 0.6) is 0 Å². The molecule has 20 heavy (non-hydrogen) atoms. The first-order valence-corrected chi connectivity index (χ1v) is 5.96. The number of carboxylic acids is 1. The molecule has 0 radical (unpaired) electrons. The quantitative estimate of drug-likeness (QED) is 0.786. The van der Waals surface area contributed by atoms with Gasteiger partial charge in [-0.3, -0.25) is 19.3 Å². The van der Waals surface area contributed by atoms with Crippen molar-refractivity contribution in [3.63, 3.8) is 0 Å². The van der Waals surface area contributed by atoms with Crippen LogP contribution < -0.4 is 5.73 Å². The number of carbonyl (C=O) groups excluding carboxylic acids is 2. The van der Waals surface area contributed by atoms with Gasteiger partial charge in [0, 0.05) is 6.54 Å². The van der Waals surface area contributed by atoms with Gasteiger partial charge in [-0.15, -0.1) is 12.4 Å². The number of nitrogens with zero attached hydrogens (tertiary/aromatic N) is 1. The van der Waals surface area contributed by atoms with Gasteiger partial charge in [0.05, 0.1) is 11.1 Å². The summed E-state index contributed by atoms with van der Waals surface area (Å²) in [7, 11) is 0. The zero-order valence-corrected chi connectivity index (χ0v) is 11.4. The standard InChI is InChI=1S/C13H14N2O4.ClH/c14-10(13(18)19)6-3-7-15-11(16)8-4-1-2-5-9(8)12(15)17;/h1-2,4-5,10H,3,6-7,14H2,(H,18,19);1H. The second-order valence-corrected chi connectivity index (χ2v) is 4.39. The molecule has 0 saturated heterocycles. The van der Waals surface area contributed by atoms with E-state index in [1.54, 1.807) is 24.3 Å². The molecule has 108 valence electrons. The largest absolute Gasteiger partial charge is 0.480 e. The SMILES string of the molecule is Cl.NC(CCCN1C(=O)c2ccccc2C1=O)C(=O)O. The summed E-state index contributed by atoms with van der Waals surface area (Å²) in [4.78, 5) is 35.6. The molecule has 1 aliphatic rings. The van der Waals surface area contributed by atoms with Crippen LogP contribution in [0.4, 0.5) is 0 Å². The summed E-state index contributed by atoms with van der Waals surface area (Å²) in [5.74, 6) is -1.74. The van der Waals surface area contributed by atoms with Gasteiger partial charge >= 0.3 is 5.97 Å². The summed E-state index contributed by atoms with van der Waals surface area (Å²) in [5.41, 5.74) is 6.16. The van der Waals surface area contributed by atoms with Gasteiger partial charge in [-0.2, -0.15) is 0 Å². The highest BCUT2D eigenvalue weighted by Crippen LogP contribution is 2.22. The smallest absolute Gasteiger partial charge is 0.320 e. The van der Waals surface area contributed by atoms with Gasteiger partial charge in [0.1, 0.15) is 6.04 Å². The first-order valence-electron chi connectivity index (χ1n) is 5.96. The average Bonchev–Trinajstić information content (AvgIpc) is 2.64. The Labute approximate surface area is 122 Å². The first-order chi connectivity index (χ1) is 9.02. The Morgan fingerprint density at radius 3 is 2.15 bits per heavy atom. The molecule has 0 aliphatic carbocycles. The summed E-state index contributed by atoms with van der Waals surface area (Å²) in [5, 5.41) is 8.65. The number of nitrogens with two attached hydrogens (primary N) is 1. The lowest BCUT2D eigenvalue weighted by atomic mass is 10.1. The molecule has 1 aliphatic heterocycles. The van der Waals surface area contributed by atoms with Crippen LogP contribution in [0.25, 0.3) is 0 Å². The van der Waals surface area contributed by atoms with Gasteiger partial charge in [-0.25, -0.2) is 0 Å². The first kappa shape index (κ1) is 16.1. The molecule has 7 heteroatoms. The predicted octanol–water partition coefficient (Wildman–Crippen LogP) is 0.897. The summed E-state index contributed by atoms with van der Waals surface area (Å²) in [6, 6.07) is 5.66. The van der Waals surface area contributed by atoms with Crippen molar-refractivity contribution in [1.29, 1.82) is 0 Å². The molecule has 0 aromatic heterocycles. The number of imide groups is 1. The molecule has 2 rings (SSSR count). The van der Waals surface area contributed by atoms with Crippen molar-refractivity contribution in [2.75, 3.05) is 6.54 Å². The van der Waals surface area contributed by atoms with Crippen molar-refractivity contribution in [1.82, 2.24) is 4.90 Å². The van der Waals surface area contributed by atoms with E-state index in [9.17, 15) is 14.4 Å². The molecule has 2 amide bonds. The molecular weight excluding hydrogens is 284 g/mol. The van der Waals surface area contributed by atoms with Crippen molar-refractivity contribution in [3.05, 3.63) is 35.4 Å². The van der Waals surface area contributed by atoms with Gasteiger partial charge in [0.15, 0.2) is 0 Å². The third-order valence-electron chi connectivity index (χ3n) is 3.09. The fourth-order valence-electron chi connectivity index (χ4n) is 2.04. The van der Waals surface area contributed by atoms with Gasteiger partial charge in [-0.1, -0.05) is 12.1 Å². The molecular formula is C13H15ClN2O4. The molecule has 0 bridgehead atoms. The lowest BCUT2D eigenvalue weighted by Crippen LogP contribution is -2.34.